The van der Waals surface area contributed by atoms with Crippen LogP contribution in [-0.2, 0) is 25.5 Å². The van der Waals surface area contributed by atoms with Crippen LogP contribution in [0.2, 0.25) is 0 Å². The number of ether oxygens (including phenoxy) is 1. The molecule has 0 aromatic heterocycles. The number of methoxy groups -OCH3 is 1. The number of esters is 1. The smallest absolute Gasteiger partial charge is 0.328 e. The maximum absolute atomic E-state index is 12.8. The van der Waals surface area contributed by atoms with E-state index in [1.165, 1.54) is 19.2 Å². The molecule has 0 spiro atoms. The lowest BCUT2D eigenvalue weighted by molar-refractivity contribution is -0.146. The molecule has 1 aliphatic heterocycles. The molecule has 1 heterocycles. The Morgan fingerprint density at radius 1 is 1.30 bits per heavy atom. The number of hydrogen-bond donors (Lipinski definition) is 2. The average Bonchev–Trinajstić information content (AvgIpc) is 3.16. The van der Waals surface area contributed by atoms with Gasteiger partial charge in [-0.2, -0.15) is 0 Å². The van der Waals surface area contributed by atoms with Crippen molar-refractivity contribution in [1.29, 1.82) is 0 Å². The summed E-state index contributed by atoms with van der Waals surface area (Å²) >= 11 is 0. The third-order valence-electron chi connectivity index (χ3n) is 4.80. The molecular formula is C20H28N2O5. The zero-order valence-corrected chi connectivity index (χ0v) is 15.9. The molecule has 1 saturated heterocycles. The standard InChI is InChI=1S/C20H28N2O5/c1-3-4-7-18(24)22-12-5-6-17(22)19(25)21-16(20(26)27-2)13-14-8-10-15(23)11-9-14/h8-11,16-17,23H,3-7,12-13H2,1-2H3,(H,21,25)/t16-,17-/m0/s1. The van der Waals surface area contributed by atoms with E-state index in [-0.39, 0.29) is 24.0 Å². The van der Waals surface area contributed by atoms with Crippen molar-refractivity contribution in [1.82, 2.24) is 10.2 Å². The molecule has 1 fully saturated rings. The van der Waals surface area contributed by atoms with E-state index in [1.54, 1.807) is 17.0 Å². The molecule has 0 aliphatic carbocycles. The third-order valence-corrected chi connectivity index (χ3v) is 4.80. The fourth-order valence-electron chi connectivity index (χ4n) is 3.28. The lowest BCUT2D eigenvalue weighted by Crippen LogP contribution is -2.51. The van der Waals surface area contributed by atoms with Gasteiger partial charge in [-0.3, -0.25) is 9.59 Å². The summed E-state index contributed by atoms with van der Waals surface area (Å²) in [7, 11) is 1.27. The topological polar surface area (TPSA) is 95.9 Å². The van der Waals surface area contributed by atoms with E-state index in [4.69, 9.17) is 4.74 Å². The van der Waals surface area contributed by atoms with Crippen molar-refractivity contribution < 1.29 is 24.2 Å². The maximum atomic E-state index is 12.8. The van der Waals surface area contributed by atoms with Crippen LogP contribution in [-0.4, -0.2) is 53.5 Å². The molecule has 0 radical (unpaired) electrons. The Bertz CT molecular complexity index is 659. The van der Waals surface area contributed by atoms with Crippen LogP contribution in [0.15, 0.2) is 24.3 Å². The molecule has 27 heavy (non-hydrogen) atoms. The predicted molar refractivity (Wildman–Crippen MR) is 100 cm³/mol. The lowest BCUT2D eigenvalue weighted by atomic mass is 10.0. The van der Waals surface area contributed by atoms with Crippen LogP contribution in [0.25, 0.3) is 0 Å². The second-order valence-electron chi connectivity index (χ2n) is 6.80. The first-order valence-corrected chi connectivity index (χ1v) is 9.41. The minimum atomic E-state index is -0.847. The molecule has 2 amide bonds. The number of hydrogen-bond acceptors (Lipinski definition) is 5. The minimum absolute atomic E-state index is 0.0114. The number of nitrogens with one attached hydrogen (secondary N) is 1. The predicted octanol–water partition coefficient (Wildman–Crippen LogP) is 1.77. The summed E-state index contributed by atoms with van der Waals surface area (Å²) in [5, 5.41) is 12.1. The number of phenolic OH excluding ortho intramolecular Hbond substituents is 1. The Morgan fingerprint density at radius 2 is 2.00 bits per heavy atom. The highest BCUT2D eigenvalue weighted by Gasteiger charge is 2.35. The molecule has 1 aliphatic rings. The van der Waals surface area contributed by atoms with Crippen molar-refractivity contribution in [2.75, 3.05) is 13.7 Å². The quantitative estimate of drug-likeness (QED) is 0.674. The molecule has 2 rings (SSSR count). The average molecular weight is 376 g/mol. The number of benzene rings is 1. The van der Waals surface area contributed by atoms with Gasteiger partial charge in [-0.25, -0.2) is 4.79 Å². The van der Waals surface area contributed by atoms with Crippen LogP contribution in [0, 0.1) is 0 Å². The monoisotopic (exact) mass is 376 g/mol. The molecule has 2 atom stereocenters. The van der Waals surface area contributed by atoms with Gasteiger partial charge in [0.25, 0.3) is 0 Å². The van der Waals surface area contributed by atoms with Gasteiger partial charge in [-0.05, 0) is 37.0 Å². The lowest BCUT2D eigenvalue weighted by Gasteiger charge is -2.26. The van der Waals surface area contributed by atoms with E-state index in [0.717, 1.165) is 24.8 Å². The largest absolute Gasteiger partial charge is 0.508 e. The number of carbonyl (C=O) groups is 3. The summed E-state index contributed by atoms with van der Waals surface area (Å²) in [6.45, 7) is 2.59. The first kappa shape index (κ1) is 20.7. The summed E-state index contributed by atoms with van der Waals surface area (Å²) < 4.78 is 4.82. The molecule has 1 aromatic rings. The molecule has 7 heteroatoms. The number of likely N-dealkylation sites (tertiary alicyclic amines) is 1. The van der Waals surface area contributed by atoms with Crippen LogP contribution in [0.1, 0.15) is 44.6 Å². The summed E-state index contributed by atoms with van der Waals surface area (Å²) in [6, 6.07) is 5.04. The van der Waals surface area contributed by atoms with Gasteiger partial charge in [-0.1, -0.05) is 25.5 Å². The van der Waals surface area contributed by atoms with Crippen molar-refractivity contribution in [3.63, 3.8) is 0 Å². The number of rotatable bonds is 8. The number of aromatic hydroxyl groups is 1. The highest BCUT2D eigenvalue weighted by atomic mass is 16.5. The van der Waals surface area contributed by atoms with E-state index in [9.17, 15) is 19.5 Å². The molecule has 0 bridgehead atoms. The number of amides is 2. The van der Waals surface area contributed by atoms with E-state index < -0.39 is 18.1 Å². The Morgan fingerprint density at radius 3 is 2.63 bits per heavy atom. The van der Waals surface area contributed by atoms with Crippen molar-refractivity contribution >= 4 is 17.8 Å². The van der Waals surface area contributed by atoms with Crippen molar-refractivity contribution in [3.8, 4) is 5.75 Å². The molecule has 148 valence electrons. The first-order valence-electron chi connectivity index (χ1n) is 9.41. The van der Waals surface area contributed by atoms with Gasteiger partial charge in [0, 0.05) is 19.4 Å². The maximum Gasteiger partial charge on any atom is 0.328 e. The Labute approximate surface area is 159 Å². The molecule has 0 unspecified atom stereocenters. The van der Waals surface area contributed by atoms with E-state index in [0.29, 0.717) is 19.4 Å². The zero-order valence-electron chi connectivity index (χ0n) is 15.9. The second-order valence-corrected chi connectivity index (χ2v) is 6.80. The summed E-state index contributed by atoms with van der Waals surface area (Å²) in [6.07, 6.45) is 3.78. The van der Waals surface area contributed by atoms with Gasteiger partial charge in [-0.15, -0.1) is 0 Å². The zero-order chi connectivity index (χ0) is 19.8. The highest BCUT2D eigenvalue weighted by Crippen LogP contribution is 2.20. The fourth-order valence-corrected chi connectivity index (χ4v) is 3.28. The van der Waals surface area contributed by atoms with Crippen LogP contribution in [0.4, 0.5) is 0 Å². The van der Waals surface area contributed by atoms with Crippen molar-refractivity contribution in [2.45, 2.75) is 57.5 Å². The van der Waals surface area contributed by atoms with E-state index >= 15 is 0 Å². The SMILES string of the molecule is CCCCC(=O)N1CCC[C@H]1C(=O)N[C@@H](Cc1ccc(O)cc1)C(=O)OC. The van der Waals surface area contributed by atoms with Crippen LogP contribution < -0.4 is 5.32 Å². The van der Waals surface area contributed by atoms with Gasteiger partial charge in [0.1, 0.15) is 17.8 Å². The van der Waals surface area contributed by atoms with Crippen LogP contribution >= 0.6 is 0 Å². The number of nitrogens with zero attached hydrogens (tertiary/aromatic N) is 1. The number of unbranched alkanes of at least 4 members (excludes halogenated alkanes) is 1. The van der Waals surface area contributed by atoms with E-state index in [2.05, 4.69) is 5.32 Å². The van der Waals surface area contributed by atoms with Gasteiger partial charge in [0.05, 0.1) is 7.11 Å². The van der Waals surface area contributed by atoms with Crippen LogP contribution in [0.3, 0.4) is 0 Å². The normalized spacial score (nSPS) is 17.4. The van der Waals surface area contributed by atoms with Crippen molar-refractivity contribution in [2.24, 2.45) is 0 Å². The number of phenols is 1. The summed E-state index contributed by atoms with van der Waals surface area (Å²) in [5.74, 6) is -0.753. The van der Waals surface area contributed by atoms with Crippen LogP contribution in [0.5, 0.6) is 5.75 Å². The Hall–Kier alpha value is -2.57. The van der Waals surface area contributed by atoms with E-state index in [1.807, 2.05) is 6.92 Å². The first-order chi connectivity index (χ1) is 13.0. The third kappa shape index (κ3) is 5.70. The van der Waals surface area contributed by atoms with Gasteiger partial charge in [0.15, 0.2) is 0 Å². The summed E-state index contributed by atoms with van der Waals surface area (Å²) in [4.78, 5) is 38.9. The molecule has 0 saturated carbocycles. The van der Waals surface area contributed by atoms with Crippen molar-refractivity contribution in [3.05, 3.63) is 29.8 Å². The second kappa shape index (κ2) is 9.94. The molecular weight excluding hydrogens is 348 g/mol. The molecule has 7 nitrogen and oxygen atoms in total. The van der Waals surface area contributed by atoms with Gasteiger partial charge >= 0.3 is 5.97 Å². The number of carbonyl (C=O) groups excluding carboxylic acids is 3. The highest BCUT2D eigenvalue weighted by molar-refractivity contribution is 5.91. The fraction of sp³-hybridized carbons (Fsp3) is 0.550. The van der Waals surface area contributed by atoms with Gasteiger partial charge < -0.3 is 20.1 Å². The Kier molecular flexibility index (Phi) is 7.64. The van der Waals surface area contributed by atoms with Gasteiger partial charge in [0.2, 0.25) is 11.8 Å². The summed E-state index contributed by atoms with van der Waals surface area (Å²) in [5.41, 5.74) is 0.783. The molecule has 2 N–H and O–H groups in total. The molecule has 1 aromatic carbocycles. The Balaban J connectivity index is 2.04. The minimum Gasteiger partial charge on any atom is -0.508 e.